The van der Waals surface area contributed by atoms with Crippen LogP contribution in [0.15, 0.2) is 61.9 Å². The molecule has 0 amide bonds. The van der Waals surface area contributed by atoms with Crippen molar-refractivity contribution in [1.29, 1.82) is 0 Å². The summed E-state index contributed by atoms with van der Waals surface area (Å²) in [6, 6.07) is 10.2. The predicted molar refractivity (Wildman–Crippen MR) is 134 cm³/mol. The number of thiazole rings is 1. The fourth-order valence-electron chi connectivity index (χ4n) is 4.15. The van der Waals surface area contributed by atoms with Crippen molar-refractivity contribution in [3.63, 3.8) is 0 Å². The molecular weight excluding hydrogens is 536 g/mol. The summed E-state index contributed by atoms with van der Waals surface area (Å²) in [6.07, 6.45) is 1.77. The molecule has 1 aromatic heterocycles. The maximum absolute atomic E-state index is 13.8. The molecule has 3 heterocycles. The summed E-state index contributed by atoms with van der Waals surface area (Å²) >= 11 is 4.72. The number of fused-ring (bicyclic) bond motifs is 2. The Kier molecular flexibility index (Phi) is 6.24. The van der Waals surface area contributed by atoms with Gasteiger partial charge in [-0.3, -0.25) is 9.36 Å². The number of hydrogen-bond donors (Lipinski definition) is 0. The molecular formula is C25H21BrN2O6S. The molecule has 0 fully saturated rings. The number of ether oxygens (including phenoxy) is 4. The minimum atomic E-state index is -0.730. The number of carbonyl (C=O) groups excluding carboxylic acids is 1. The van der Waals surface area contributed by atoms with Crippen molar-refractivity contribution in [3.05, 3.63) is 83.0 Å². The van der Waals surface area contributed by atoms with E-state index in [1.807, 2.05) is 24.3 Å². The normalized spacial score (nSPS) is 16.7. The van der Waals surface area contributed by atoms with Gasteiger partial charge in [0.25, 0.3) is 5.56 Å². The number of nitrogens with zero attached hydrogens (tertiary/aromatic N) is 2. The van der Waals surface area contributed by atoms with Crippen molar-refractivity contribution in [2.45, 2.75) is 19.9 Å². The number of hydrogen-bond acceptors (Lipinski definition) is 8. The molecule has 0 radical (unpaired) electrons. The van der Waals surface area contributed by atoms with Gasteiger partial charge in [0.05, 0.1) is 35.6 Å². The molecule has 8 nitrogen and oxygen atoms in total. The standard InChI is InChI=1S/C25H21BrN2O6S/c1-4-32-24(30)21-13(2)27-25-28(22(21)14-5-7-18-19(10-14)34-12-33-18)23(29)20(35-25)11-15-9-16(26)6-8-17(15)31-3/h5-11,22H,4,12H2,1-3H3. The number of methoxy groups -OCH3 is 1. The van der Waals surface area contributed by atoms with E-state index in [0.717, 1.165) is 10.0 Å². The van der Waals surface area contributed by atoms with Crippen molar-refractivity contribution in [1.82, 2.24) is 4.57 Å². The number of allylic oxidation sites excluding steroid dienone is 1. The molecule has 0 aliphatic carbocycles. The van der Waals surface area contributed by atoms with E-state index in [9.17, 15) is 9.59 Å². The number of halogens is 1. The molecule has 1 unspecified atom stereocenters. The molecule has 0 spiro atoms. The number of esters is 1. The Hall–Kier alpha value is -3.37. The fraction of sp³-hybridized carbons (Fsp3) is 0.240. The first-order valence-corrected chi connectivity index (χ1v) is 12.4. The largest absolute Gasteiger partial charge is 0.496 e. The maximum Gasteiger partial charge on any atom is 0.338 e. The molecule has 35 heavy (non-hydrogen) atoms. The summed E-state index contributed by atoms with van der Waals surface area (Å²) in [5, 5.41) is 0. The van der Waals surface area contributed by atoms with E-state index in [1.54, 1.807) is 39.2 Å². The van der Waals surface area contributed by atoms with Crippen LogP contribution >= 0.6 is 27.3 Å². The molecule has 1 atom stereocenters. The van der Waals surface area contributed by atoms with Crippen molar-refractivity contribution < 1.29 is 23.7 Å². The lowest BCUT2D eigenvalue weighted by Gasteiger charge is -2.24. The van der Waals surface area contributed by atoms with Gasteiger partial charge in [-0.05, 0) is 55.8 Å². The second kappa shape index (κ2) is 9.35. The first-order valence-electron chi connectivity index (χ1n) is 10.8. The second-order valence-electron chi connectivity index (χ2n) is 7.80. The van der Waals surface area contributed by atoms with Gasteiger partial charge < -0.3 is 18.9 Å². The van der Waals surface area contributed by atoms with Gasteiger partial charge in [0, 0.05) is 10.0 Å². The van der Waals surface area contributed by atoms with Crippen LogP contribution in [0, 0.1) is 0 Å². The molecule has 0 saturated carbocycles. The van der Waals surface area contributed by atoms with Crippen LogP contribution in [0.5, 0.6) is 17.2 Å². The molecule has 0 N–H and O–H groups in total. The monoisotopic (exact) mass is 556 g/mol. The van der Waals surface area contributed by atoms with Crippen molar-refractivity contribution in [2.75, 3.05) is 20.5 Å². The molecule has 10 heteroatoms. The highest BCUT2D eigenvalue weighted by molar-refractivity contribution is 9.10. The molecule has 3 aromatic rings. The Morgan fingerprint density at radius 3 is 2.83 bits per heavy atom. The third-order valence-electron chi connectivity index (χ3n) is 5.71. The number of benzene rings is 2. The molecule has 2 aromatic carbocycles. The quantitative estimate of drug-likeness (QED) is 0.448. The zero-order chi connectivity index (χ0) is 24.7. The van der Waals surface area contributed by atoms with Gasteiger partial charge >= 0.3 is 5.97 Å². The lowest BCUT2D eigenvalue weighted by Crippen LogP contribution is -2.39. The predicted octanol–water partition coefficient (Wildman–Crippen LogP) is 3.30. The van der Waals surface area contributed by atoms with Crippen molar-refractivity contribution in [3.8, 4) is 17.2 Å². The Bertz CT molecular complexity index is 1550. The number of rotatable bonds is 5. The van der Waals surface area contributed by atoms with Crippen LogP contribution in [0.2, 0.25) is 0 Å². The van der Waals surface area contributed by atoms with Crippen LogP contribution < -0.4 is 29.1 Å². The second-order valence-corrected chi connectivity index (χ2v) is 9.73. The summed E-state index contributed by atoms with van der Waals surface area (Å²) in [5.74, 6) is 1.29. The topological polar surface area (TPSA) is 88.4 Å². The Morgan fingerprint density at radius 2 is 2.06 bits per heavy atom. The number of aromatic nitrogens is 1. The molecule has 2 aliphatic rings. The summed E-state index contributed by atoms with van der Waals surface area (Å²) in [6.45, 7) is 3.82. The van der Waals surface area contributed by atoms with E-state index >= 15 is 0 Å². The molecule has 0 saturated heterocycles. The van der Waals surface area contributed by atoms with Crippen LogP contribution in [-0.4, -0.2) is 31.0 Å². The summed E-state index contributed by atoms with van der Waals surface area (Å²) in [7, 11) is 1.58. The van der Waals surface area contributed by atoms with E-state index in [4.69, 9.17) is 18.9 Å². The van der Waals surface area contributed by atoms with Gasteiger partial charge in [0.1, 0.15) is 5.75 Å². The number of carbonyl (C=O) groups is 1. The Balaban J connectivity index is 1.74. The average molecular weight is 557 g/mol. The average Bonchev–Trinajstić information content (AvgIpc) is 3.42. The van der Waals surface area contributed by atoms with Crippen LogP contribution in [0.3, 0.4) is 0 Å². The van der Waals surface area contributed by atoms with Crippen molar-refractivity contribution >= 4 is 39.3 Å². The summed E-state index contributed by atoms with van der Waals surface area (Å²) in [4.78, 5) is 31.9. The maximum atomic E-state index is 13.8. The third kappa shape index (κ3) is 4.17. The minimum absolute atomic E-state index is 0.121. The molecule has 0 bridgehead atoms. The SMILES string of the molecule is CCOC(=O)C1=C(C)N=c2sc(=Cc3cc(Br)ccc3OC)c(=O)n2C1c1ccc2c(c1)OCO2. The van der Waals surface area contributed by atoms with E-state index in [2.05, 4.69) is 20.9 Å². The molecule has 5 rings (SSSR count). The van der Waals surface area contributed by atoms with Gasteiger partial charge in [0.2, 0.25) is 6.79 Å². The van der Waals surface area contributed by atoms with Gasteiger partial charge in [-0.15, -0.1) is 0 Å². The van der Waals surface area contributed by atoms with Gasteiger partial charge in [-0.2, -0.15) is 0 Å². The van der Waals surface area contributed by atoms with Gasteiger partial charge in [-0.1, -0.05) is 33.3 Å². The Morgan fingerprint density at radius 1 is 1.26 bits per heavy atom. The lowest BCUT2D eigenvalue weighted by molar-refractivity contribution is -0.139. The van der Waals surface area contributed by atoms with Crippen LogP contribution in [0.25, 0.3) is 6.08 Å². The summed E-state index contributed by atoms with van der Waals surface area (Å²) in [5.41, 5.74) is 1.98. The lowest BCUT2D eigenvalue weighted by atomic mass is 9.95. The van der Waals surface area contributed by atoms with Crippen LogP contribution in [0.1, 0.15) is 31.0 Å². The third-order valence-corrected chi connectivity index (χ3v) is 7.18. The van der Waals surface area contributed by atoms with E-state index in [-0.39, 0.29) is 19.0 Å². The van der Waals surface area contributed by atoms with Gasteiger partial charge in [-0.25, -0.2) is 9.79 Å². The van der Waals surface area contributed by atoms with Crippen molar-refractivity contribution in [2.24, 2.45) is 4.99 Å². The molecule has 180 valence electrons. The van der Waals surface area contributed by atoms with E-state index in [0.29, 0.717) is 43.4 Å². The van der Waals surface area contributed by atoms with E-state index < -0.39 is 12.0 Å². The van der Waals surface area contributed by atoms with Crippen LogP contribution in [-0.2, 0) is 9.53 Å². The smallest absolute Gasteiger partial charge is 0.338 e. The van der Waals surface area contributed by atoms with E-state index in [1.165, 1.54) is 15.9 Å². The zero-order valence-corrected chi connectivity index (χ0v) is 21.6. The highest BCUT2D eigenvalue weighted by Gasteiger charge is 2.34. The first kappa shape index (κ1) is 23.4. The van der Waals surface area contributed by atoms with Gasteiger partial charge in [0.15, 0.2) is 16.3 Å². The first-order chi connectivity index (χ1) is 16.9. The van der Waals surface area contributed by atoms with Crippen LogP contribution in [0.4, 0.5) is 0 Å². The summed E-state index contributed by atoms with van der Waals surface area (Å²) < 4.78 is 24.7. The zero-order valence-electron chi connectivity index (χ0n) is 19.2. The highest BCUT2D eigenvalue weighted by atomic mass is 79.9. The Labute approximate surface area is 212 Å². The highest BCUT2D eigenvalue weighted by Crippen LogP contribution is 2.38. The molecule has 2 aliphatic heterocycles. The minimum Gasteiger partial charge on any atom is -0.496 e. The fourth-order valence-corrected chi connectivity index (χ4v) is 5.57.